The Morgan fingerprint density at radius 3 is 1.63 bits per heavy atom. The van der Waals surface area contributed by atoms with Gasteiger partial charge in [-0.1, -0.05) is 57.2 Å². The molecule has 4 nitrogen and oxygen atoms in total. The van der Waals surface area contributed by atoms with Crippen LogP contribution in [0.25, 0.3) is 0 Å². The van der Waals surface area contributed by atoms with E-state index in [1.165, 1.54) is 0 Å². The van der Waals surface area contributed by atoms with Crippen molar-refractivity contribution >= 4 is 11.9 Å². The van der Waals surface area contributed by atoms with E-state index < -0.39 is 12.2 Å². The fourth-order valence-electron chi connectivity index (χ4n) is 5.33. The standard InChI is InChI=1S/C26H30O4/c1-18(2)26-16-14-25(3,15-17-26)21(29-23(27)19-10-6-4-7-11-19)22(26)30-24(28)20-12-8-5-9-13-20/h4-13,18,21-22H,14-17H2,1-3H3. The lowest BCUT2D eigenvalue weighted by Crippen LogP contribution is -2.64. The molecule has 2 atom stereocenters. The minimum absolute atomic E-state index is 0.177. The summed E-state index contributed by atoms with van der Waals surface area (Å²) in [5.41, 5.74) is 0.678. The summed E-state index contributed by atoms with van der Waals surface area (Å²) in [5.74, 6) is -0.388. The second kappa shape index (κ2) is 7.90. The maximum atomic E-state index is 13.0. The van der Waals surface area contributed by atoms with Crippen LogP contribution in [0.5, 0.6) is 0 Å². The van der Waals surface area contributed by atoms with E-state index in [-0.39, 0.29) is 22.8 Å². The van der Waals surface area contributed by atoms with E-state index in [0.717, 1.165) is 25.7 Å². The molecule has 0 aromatic heterocycles. The maximum Gasteiger partial charge on any atom is 0.338 e. The second-order valence-corrected chi connectivity index (χ2v) is 9.43. The highest BCUT2D eigenvalue weighted by Gasteiger charge is 2.63. The molecule has 0 radical (unpaired) electrons. The fraction of sp³-hybridized carbons (Fsp3) is 0.462. The average molecular weight is 407 g/mol. The van der Waals surface area contributed by atoms with Crippen LogP contribution in [-0.4, -0.2) is 24.1 Å². The van der Waals surface area contributed by atoms with Crippen molar-refractivity contribution in [3.05, 3.63) is 71.8 Å². The summed E-state index contributed by atoms with van der Waals surface area (Å²) in [4.78, 5) is 25.9. The summed E-state index contributed by atoms with van der Waals surface area (Å²) in [6, 6.07) is 18.1. The molecule has 4 heteroatoms. The SMILES string of the molecule is CC(C)C12CCC(C)(CC1)C(OC(=O)c1ccccc1)C2OC(=O)c1ccccc1. The van der Waals surface area contributed by atoms with Crippen LogP contribution in [0.4, 0.5) is 0 Å². The molecule has 3 fully saturated rings. The van der Waals surface area contributed by atoms with Gasteiger partial charge in [-0.2, -0.15) is 0 Å². The molecule has 2 aromatic carbocycles. The Bertz CT molecular complexity index is 895. The number of fused-ring (bicyclic) bond motifs is 3. The number of hydrogen-bond donors (Lipinski definition) is 0. The number of rotatable bonds is 5. The van der Waals surface area contributed by atoms with Crippen molar-refractivity contribution in [3.63, 3.8) is 0 Å². The van der Waals surface area contributed by atoms with Gasteiger partial charge < -0.3 is 9.47 Å². The van der Waals surface area contributed by atoms with E-state index in [1.807, 2.05) is 36.4 Å². The van der Waals surface area contributed by atoms with Crippen LogP contribution in [0, 0.1) is 16.7 Å². The van der Waals surface area contributed by atoms with Crippen molar-refractivity contribution in [2.75, 3.05) is 0 Å². The summed E-state index contributed by atoms with van der Waals surface area (Å²) in [5, 5.41) is 0. The zero-order valence-electron chi connectivity index (χ0n) is 18.0. The molecule has 5 rings (SSSR count). The van der Waals surface area contributed by atoms with Gasteiger partial charge in [-0.3, -0.25) is 0 Å². The first kappa shape index (κ1) is 20.6. The number of ether oxygens (including phenoxy) is 2. The number of benzene rings is 2. The van der Waals surface area contributed by atoms with Gasteiger partial charge in [0.15, 0.2) is 0 Å². The Hall–Kier alpha value is -2.62. The molecule has 2 aromatic rings. The average Bonchev–Trinajstić information content (AvgIpc) is 2.77. The van der Waals surface area contributed by atoms with Crippen molar-refractivity contribution in [1.29, 1.82) is 0 Å². The second-order valence-electron chi connectivity index (χ2n) is 9.43. The van der Waals surface area contributed by atoms with Gasteiger partial charge in [0.2, 0.25) is 0 Å². The normalized spacial score (nSPS) is 30.1. The zero-order chi connectivity index (χ0) is 21.4. The first-order valence-corrected chi connectivity index (χ1v) is 10.9. The molecule has 0 saturated heterocycles. The molecule has 0 spiro atoms. The Labute approximate surface area is 178 Å². The van der Waals surface area contributed by atoms with E-state index in [0.29, 0.717) is 17.0 Å². The lowest BCUT2D eigenvalue weighted by atomic mass is 9.48. The molecule has 0 N–H and O–H groups in total. The Kier molecular flexibility index (Phi) is 5.44. The van der Waals surface area contributed by atoms with Gasteiger partial charge in [0.25, 0.3) is 0 Å². The Morgan fingerprint density at radius 2 is 1.20 bits per heavy atom. The fourth-order valence-corrected chi connectivity index (χ4v) is 5.33. The van der Waals surface area contributed by atoms with Crippen LogP contribution in [0.2, 0.25) is 0 Å². The van der Waals surface area contributed by atoms with Crippen LogP contribution in [-0.2, 0) is 9.47 Å². The van der Waals surface area contributed by atoms with Crippen molar-refractivity contribution in [2.45, 2.75) is 58.7 Å². The zero-order valence-corrected chi connectivity index (χ0v) is 18.0. The van der Waals surface area contributed by atoms with Gasteiger partial charge in [0.1, 0.15) is 12.2 Å². The molecular weight excluding hydrogens is 376 g/mol. The van der Waals surface area contributed by atoms with Crippen molar-refractivity contribution < 1.29 is 19.1 Å². The van der Waals surface area contributed by atoms with Gasteiger partial charge in [-0.25, -0.2) is 9.59 Å². The van der Waals surface area contributed by atoms with Crippen molar-refractivity contribution in [1.82, 2.24) is 0 Å². The van der Waals surface area contributed by atoms with Gasteiger partial charge in [0.05, 0.1) is 11.1 Å². The minimum Gasteiger partial charge on any atom is -0.454 e. The van der Waals surface area contributed by atoms with E-state index in [4.69, 9.17) is 9.47 Å². The monoisotopic (exact) mass is 406 g/mol. The molecule has 158 valence electrons. The molecule has 0 amide bonds. The van der Waals surface area contributed by atoms with Crippen LogP contribution >= 0.6 is 0 Å². The molecule has 3 aliphatic carbocycles. The van der Waals surface area contributed by atoms with E-state index >= 15 is 0 Å². The maximum absolute atomic E-state index is 13.0. The van der Waals surface area contributed by atoms with E-state index in [9.17, 15) is 9.59 Å². The summed E-state index contributed by atoms with van der Waals surface area (Å²) < 4.78 is 12.3. The lowest BCUT2D eigenvalue weighted by molar-refractivity contribution is -0.210. The highest BCUT2D eigenvalue weighted by atomic mass is 16.6. The summed E-state index contributed by atoms with van der Waals surface area (Å²) in [6.07, 6.45) is 2.99. The third kappa shape index (κ3) is 3.53. The molecule has 30 heavy (non-hydrogen) atoms. The number of esters is 2. The molecular formula is C26H30O4. The molecule has 0 heterocycles. The summed E-state index contributed by atoms with van der Waals surface area (Å²) >= 11 is 0. The highest BCUT2D eigenvalue weighted by Crippen LogP contribution is 2.61. The van der Waals surface area contributed by atoms with Gasteiger partial charge in [0, 0.05) is 10.8 Å². The van der Waals surface area contributed by atoms with Crippen molar-refractivity contribution in [3.8, 4) is 0 Å². The first-order chi connectivity index (χ1) is 14.4. The van der Waals surface area contributed by atoms with E-state index in [2.05, 4.69) is 20.8 Å². The number of carbonyl (C=O) groups is 2. The number of carbonyl (C=O) groups excluding carboxylic acids is 2. The molecule has 2 unspecified atom stereocenters. The van der Waals surface area contributed by atoms with Gasteiger partial charge >= 0.3 is 11.9 Å². The molecule has 0 aliphatic heterocycles. The third-order valence-electron chi connectivity index (χ3n) is 7.49. The predicted molar refractivity (Wildman–Crippen MR) is 115 cm³/mol. The van der Waals surface area contributed by atoms with Gasteiger partial charge in [-0.05, 0) is 55.9 Å². The van der Waals surface area contributed by atoms with Gasteiger partial charge in [-0.15, -0.1) is 0 Å². The first-order valence-electron chi connectivity index (χ1n) is 10.9. The minimum atomic E-state index is -0.456. The third-order valence-corrected chi connectivity index (χ3v) is 7.49. The van der Waals surface area contributed by atoms with Crippen LogP contribution in [0.15, 0.2) is 60.7 Å². The molecule has 3 aliphatic rings. The van der Waals surface area contributed by atoms with Crippen molar-refractivity contribution in [2.24, 2.45) is 16.7 Å². The lowest BCUT2D eigenvalue weighted by Gasteiger charge is -2.61. The highest BCUT2D eigenvalue weighted by molar-refractivity contribution is 5.90. The van der Waals surface area contributed by atoms with Crippen LogP contribution < -0.4 is 0 Å². The summed E-state index contributed by atoms with van der Waals surface area (Å²) in [7, 11) is 0. The predicted octanol–water partition coefficient (Wildman–Crippen LogP) is 5.67. The smallest absolute Gasteiger partial charge is 0.338 e. The van der Waals surface area contributed by atoms with E-state index in [1.54, 1.807) is 24.3 Å². The van der Waals surface area contributed by atoms with Crippen LogP contribution in [0.1, 0.15) is 67.2 Å². The summed E-state index contributed by atoms with van der Waals surface area (Å²) in [6.45, 7) is 6.55. The topological polar surface area (TPSA) is 52.6 Å². The Morgan fingerprint density at radius 1 is 0.767 bits per heavy atom. The molecule has 3 saturated carbocycles. The molecule has 2 bridgehead atoms. The quantitative estimate of drug-likeness (QED) is 0.600. The number of hydrogen-bond acceptors (Lipinski definition) is 4. The largest absolute Gasteiger partial charge is 0.454 e. The van der Waals surface area contributed by atoms with Crippen LogP contribution in [0.3, 0.4) is 0 Å². The Balaban J connectivity index is 1.67.